The summed E-state index contributed by atoms with van der Waals surface area (Å²) in [5, 5.41) is 3.73. The van der Waals surface area contributed by atoms with E-state index in [1.807, 2.05) is 49.2 Å². The van der Waals surface area contributed by atoms with Crippen molar-refractivity contribution < 1.29 is 9.59 Å². The summed E-state index contributed by atoms with van der Waals surface area (Å²) in [4.78, 5) is 31.4. The van der Waals surface area contributed by atoms with Gasteiger partial charge in [-0.3, -0.25) is 19.5 Å². The van der Waals surface area contributed by atoms with Crippen LogP contribution in [0.25, 0.3) is 10.9 Å². The van der Waals surface area contributed by atoms with Gasteiger partial charge in [0.05, 0.1) is 17.3 Å². The minimum Gasteiger partial charge on any atom is -0.347 e. The molecular weight excluding hydrogens is 304 g/mol. The zero-order valence-electron chi connectivity index (χ0n) is 14.8. The molecule has 0 radical (unpaired) electrons. The average molecular weight is 328 g/mol. The number of pyridine rings is 1. The zero-order valence-corrected chi connectivity index (χ0v) is 14.8. The topological polar surface area (TPSA) is 65.5 Å². The maximum atomic E-state index is 12.0. The summed E-state index contributed by atoms with van der Waals surface area (Å²) in [5.41, 5.74) is 2.52. The largest absolute Gasteiger partial charge is 0.347 e. The highest BCUT2D eigenvalue weighted by atomic mass is 16.2. The number of carbonyl (C=O) groups is 2. The van der Waals surface area contributed by atoms with Gasteiger partial charge in [0.25, 0.3) is 0 Å². The molecule has 0 bridgehead atoms. The molecule has 1 atom stereocenters. The Kier molecular flexibility index (Phi) is 5.51. The molecule has 0 aliphatic rings. The summed E-state index contributed by atoms with van der Waals surface area (Å²) in [5.74, 6) is -0.0293. The molecular formula is C18H24N4O2. The average Bonchev–Trinajstić information content (AvgIpc) is 2.52. The van der Waals surface area contributed by atoms with Gasteiger partial charge in [-0.2, -0.15) is 0 Å². The smallest absolute Gasteiger partial charge is 0.239 e. The SMILES string of the molecule is CC(=O)Nc1ccc2nc(CN(C)C(C)C(=O)N(C)C)ccc2c1. The van der Waals surface area contributed by atoms with Crippen molar-refractivity contribution in [2.75, 3.05) is 26.5 Å². The Balaban J connectivity index is 2.16. The van der Waals surface area contributed by atoms with Gasteiger partial charge in [0.15, 0.2) is 0 Å². The van der Waals surface area contributed by atoms with Crippen LogP contribution in [0.2, 0.25) is 0 Å². The molecule has 0 saturated carbocycles. The van der Waals surface area contributed by atoms with Crippen molar-refractivity contribution in [2.45, 2.75) is 26.4 Å². The number of anilines is 1. The Hall–Kier alpha value is -2.47. The van der Waals surface area contributed by atoms with Crippen LogP contribution in [-0.2, 0) is 16.1 Å². The molecule has 2 aromatic rings. The number of hydrogen-bond acceptors (Lipinski definition) is 4. The second-order valence-electron chi connectivity index (χ2n) is 6.22. The van der Waals surface area contributed by atoms with Gasteiger partial charge in [-0.1, -0.05) is 6.07 Å². The van der Waals surface area contributed by atoms with E-state index in [9.17, 15) is 9.59 Å². The number of hydrogen-bond donors (Lipinski definition) is 1. The lowest BCUT2D eigenvalue weighted by Crippen LogP contribution is -2.42. The maximum Gasteiger partial charge on any atom is 0.239 e. The van der Waals surface area contributed by atoms with Crippen molar-refractivity contribution in [3.63, 3.8) is 0 Å². The third kappa shape index (κ3) is 4.29. The van der Waals surface area contributed by atoms with Gasteiger partial charge in [-0.05, 0) is 38.2 Å². The first-order valence-electron chi connectivity index (χ1n) is 7.86. The first-order valence-corrected chi connectivity index (χ1v) is 7.86. The van der Waals surface area contributed by atoms with E-state index in [2.05, 4.69) is 10.3 Å². The van der Waals surface area contributed by atoms with Gasteiger partial charge in [0.1, 0.15) is 0 Å². The number of benzene rings is 1. The van der Waals surface area contributed by atoms with E-state index in [0.717, 1.165) is 22.3 Å². The third-order valence-corrected chi connectivity index (χ3v) is 3.94. The van der Waals surface area contributed by atoms with Gasteiger partial charge in [0, 0.05) is 38.6 Å². The Morgan fingerprint density at radius 3 is 2.50 bits per heavy atom. The van der Waals surface area contributed by atoms with E-state index in [4.69, 9.17) is 0 Å². The molecule has 2 amide bonds. The second kappa shape index (κ2) is 7.40. The van der Waals surface area contributed by atoms with Gasteiger partial charge in [-0.25, -0.2) is 0 Å². The lowest BCUT2D eigenvalue weighted by Gasteiger charge is -2.26. The summed E-state index contributed by atoms with van der Waals surface area (Å²) in [6, 6.07) is 9.34. The second-order valence-corrected chi connectivity index (χ2v) is 6.22. The van der Waals surface area contributed by atoms with Crippen LogP contribution in [0.15, 0.2) is 30.3 Å². The van der Waals surface area contributed by atoms with Crippen LogP contribution in [0, 0.1) is 0 Å². The molecule has 2 rings (SSSR count). The Morgan fingerprint density at radius 1 is 1.17 bits per heavy atom. The normalized spacial score (nSPS) is 12.2. The minimum atomic E-state index is -0.209. The fourth-order valence-corrected chi connectivity index (χ4v) is 2.49. The highest BCUT2D eigenvalue weighted by Gasteiger charge is 2.20. The van der Waals surface area contributed by atoms with Gasteiger partial charge < -0.3 is 10.2 Å². The fraction of sp³-hybridized carbons (Fsp3) is 0.389. The Labute approximate surface area is 142 Å². The molecule has 1 heterocycles. The Bertz CT molecular complexity index is 758. The van der Waals surface area contributed by atoms with E-state index in [-0.39, 0.29) is 17.9 Å². The van der Waals surface area contributed by atoms with Gasteiger partial charge >= 0.3 is 0 Å². The van der Waals surface area contributed by atoms with Crippen LogP contribution in [0.4, 0.5) is 5.69 Å². The first kappa shape index (κ1) is 17.9. The van der Waals surface area contributed by atoms with Crippen molar-refractivity contribution in [1.29, 1.82) is 0 Å². The summed E-state index contributed by atoms with van der Waals surface area (Å²) >= 11 is 0. The molecule has 6 heteroatoms. The number of rotatable bonds is 5. The maximum absolute atomic E-state index is 12.0. The number of aromatic nitrogens is 1. The predicted molar refractivity (Wildman–Crippen MR) is 95.7 cm³/mol. The zero-order chi connectivity index (χ0) is 17.9. The number of likely N-dealkylation sites (N-methyl/N-ethyl adjacent to an activating group) is 2. The molecule has 0 aliphatic carbocycles. The van der Waals surface area contributed by atoms with Crippen LogP contribution in [0.1, 0.15) is 19.5 Å². The number of nitrogens with one attached hydrogen (secondary N) is 1. The molecule has 0 spiro atoms. The monoisotopic (exact) mass is 328 g/mol. The molecule has 1 N–H and O–H groups in total. The predicted octanol–water partition coefficient (Wildman–Crippen LogP) is 2.10. The molecule has 1 aromatic heterocycles. The van der Waals surface area contributed by atoms with Crippen molar-refractivity contribution in [1.82, 2.24) is 14.8 Å². The molecule has 1 unspecified atom stereocenters. The summed E-state index contributed by atoms with van der Waals surface area (Å²) in [7, 11) is 5.43. The molecule has 0 aliphatic heterocycles. The molecule has 0 saturated heterocycles. The highest BCUT2D eigenvalue weighted by molar-refractivity contribution is 5.92. The highest BCUT2D eigenvalue weighted by Crippen LogP contribution is 2.19. The lowest BCUT2D eigenvalue weighted by atomic mass is 10.1. The molecule has 0 fully saturated rings. The Morgan fingerprint density at radius 2 is 1.88 bits per heavy atom. The van der Waals surface area contributed by atoms with E-state index in [1.165, 1.54) is 6.92 Å². The quantitative estimate of drug-likeness (QED) is 0.913. The van der Waals surface area contributed by atoms with Crippen LogP contribution in [0.5, 0.6) is 0 Å². The third-order valence-electron chi connectivity index (χ3n) is 3.94. The fourth-order valence-electron chi connectivity index (χ4n) is 2.49. The summed E-state index contributed by atoms with van der Waals surface area (Å²) < 4.78 is 0. The molecule has 1 aromatic carbocycles. The number of fused-ring (bicyclic) bond motifs is 1. The van der Waals surface area contributed by atoms with Crippen LogP contribution >= 0.6 is 0 Å². The summed E-state index contributed by atoms with van der Waals surface area (Å²) in [6.07, 6.45) is 0. The van der Waals surface area contributed by atoms with E-state index < -0.39 is 0 Å². The standard InChI is InChI=1S/C18H24N4O2/c1-12(18(24)21(3)4)22(5)11-16-7-6-14-10-15(19-13(2)23)8-9-17(14)20-16/h6-10,12H,11H2,1-5H3,(H,19,23). The lowest BCUT2D eigenvalue weighted by molar-refractivity contribution is -0.133. The number of carbonyl (C=O) groups excluding carboxylic acids is 2. The van der Waals surface area contributed by atoms with Gasteiger partial charge in [-0.15, -0.1) is 0 Å². The van der Waals surface area contributed by atoms with Crippen molar-refractivity contribution in [3.05, 3.63) is 36.0 Å². The number of amides is 2. The molecule has 24 heavy (non-hydrogen) atoms. The van der Waals surface area contributed by atoms with E-state index in [0.29, 0.717) is 6.54 Å². The van der Waals surface area contributed by atoms with Gasteiger partial charge in [0.2, 0.25) is 11.8 Å². The van der Waals surface area contributed by atoms with E-state index in [1.54, 1.807) is 19.0 Å². The minimum absolute atomic E-state index is 0.0678. The van der Waals surface area contributed by atoms with Crippen molar-refractivity contribution in [2.24, 2.45) is 0 Å². The first-order chi connectivity index (χ1) is 11.3. The van der Waals surface area contributed by atoms with Crippen LogP contribution in [-0.4, -0.2) is 53.8 Å². The van der Waals surface area contributed by atoms with E-state index >= 15 is 0 Å². The van der Waals surface area contributed by atoms with Crippen LogP contribution in [0.3, 0.4) is 0 Å². The van der Waals surface area contributed by atoms with Crippen molar-refractivity contribution in [3.8, 4) is 0 Å². The van der Waals surface area contributed by atoms with Crippen LogP contribution < -0.4 is 5.32 Å². The molecule has 6 nitrogen and oxygen atoms in total. The number of nitrogens with zero attached hydrogens (tertiary/aromatic N) is 3. The molecule has 128 valence electrons. The summed E-state index contributed by atoms with van der Waals surface area (Å²) in [6.45, 7) is 3.96. The van der Waals surface area contributed by atoms with Crippen molar-refractivity contribution >= 4 is 28.4 Å².